The fourth-order valence-corrected chi connectivity index (χ4v) is 7.05. The Hall–Kier alpha value is -2.05. The number of imidazole rings is 1. The van der Waals surface area contributed by atoms with E-state index in [0.29, 0.717) is 16.0 Å². The Morgan fingerprint density at radius 1 is 1.09 bits per heavy atom. The van der Waals surface area contributed by atoms with Crippen molar-refractivity contribution in [2.24, 2.45) is 23.2 Å². The van der Waals surface area contributed by atoms with Crippen LogP contribution in [-0.2, 0) is 6.42 Å². The average Bonchev–Trinajstić information content (AvgIpc) is 3.28. The lowest BCUT2D eigenvalue weighted by Crippen LogP contribution is -2.51. The first kappa shape index (κ1) is 21.8. The van der Waals surface area contributed by atoms with Crippen molar-refractivity contribution in [2.45, 2.75) is 44.9 Å². The van der Waals surface area contributed by atoms with Gasteiger partial charge in [-0.15, -0.1) is 0 Å². The maximum atomic E-state index is 13.0. The van der Waals surface area contributed by atoms with Crippen LogP contribution in [0.4, 0.5) is 5.69 Å². The number of aromatic amines is 1. The van der Waals surface area contributed by atoms with E-state index in [2.05, 4.69) is 25.9 Å². The molecule has 0 aliphatic heterocycles. The normalized spacial score (nSPS) is 28.1. The van der Waals surface area contributed by atoms with E-state index in [1.54, 1.807) is 6.33 Å². The van der Waals surface area contributed by atoms with Gasteiger partial charge in [-0.25, -0.2) is 4.98 Å². The number of hydrogen-bond acceptors (Lipinski definition) is 4. The van der Waals surface area contributed by atoms with Gasteiger partial charge in [-0.2, -0.15) is 0 Å². The van der Waals surface area contributed by atoms with Gasteiger partial charge in [0.25, 0.3) is 5.91 Å². The Bertz CT molecular complexity index is 893. The molecule has 1 amide bonds. The molecule has 0 unspecified atom stereocenters. The lowest BCUT2D eigenvalue weighted by Gasteiger charge is -2.56. The number of benzene rings is 1. The van der Waals surface area contributed by atoms with Gasteiger partial charge in [0.15, 0.2) is 0 Å². The smallest absolute Gasteiger partial charge is 0.252 e. The molecule has 32 heavy (non-hydrogen) atoms. The van der Waals surface area contributed by atoms with Crippen molar-refractivity contribution in [3.63, 3.8) is 0 Å². The van der Waals surface area contributed by atoms with Crippen molar-refractivity contribution in [3.8, 4) is 0 Å². The highest BCUT2D eigenvalue weighted by Crippen LogP contribution is 2.59. The van der Waals surface area contributed by atoms with E-state index in [1.165, 1.54) is 38.5 Å². The molecule has 4 aliphatic carbocycles. The number of amides is 1. The minimum atomic E-state index is -0.0490. The van der Waals surface area contributed by atoms with E-state index in [0.717, 1.165) is 61.7 Å². The number of nitrogens with one attached hydrogen (secondary N) is 4. The number of nitrogens with zero attached hydrogens (tertiary/aromatic N) is 1. The van der Waals surface area contributed by atoms with E-state index in [9.17, 15) is 4.79 Å². The van der Waals surface area contributed by atoms with E-state index >= 15 is 0 Å². The molecule has 4 fully saturated rings. The van der Waals surface area contributed by atoms with Crippen LogP contribution in [0, 0.1) is 23.2 Å². The predicted molar refractivity (Wildman–Crippen MR) is 128 cm³/mol. The van der Waals surface area contributed by atoms with Crippen LogP contribution in [0.25, 0.3) is 0 Å². The maximum Gasteiger partial charge on any atom is 0.252 e. The zero-order valence-corrected chi connectivity index (χ0v) is 19.4. The lowest BCUT2D eigenvalue weighted by molar-refractivity contribution is -0.0503. The molecule has 0 spiro atoms. The topological polar surface area (TPSA) is 81.8 Å². The van der Waals surface area contributed by atoms with Gasteiger partial charge in [-0.05, 0) is 73.8 Å². The number of H-pyrrole nitrogens is 1. The molecular formula is C25H34ClN5O. The van der Waals surface area contributed by atoms with Crippen molar-refractivity contribution in [2.75, 3.05) is 31.5 Å². The molecule has 6 rings (SSSR count). The van der Waals surface area contributed by atoms with Gasteiger partial charge >= 0.3 is 0 Å². The van der Waals surface area contributed by atoms with Crippen LogP contribution in [0.2, 0.25) is 5.02 Å². The highest BCUT2D eigenvalue weighted by atomic mass is 35.5. The number of anilines is 1. The third-order valence-electron chi connectivity index (χ3n) is 7.78. The van der Waals surface area contributed by atoms with E-state index in [4.69, 9.17) is 11.6 Å². The van der Waals surface area contributed by atoms with Gasteiger partial charge in [0, 0.05) is 44.5 Å². The zero-order chi connectivity index (χ0) is 22.0. The average molecular weight is 456 g/mol. The van der Waals surface area contributed by atoms with Crippen molar-refractivity contribution in [3.05, 3.63) is 47.0 Å². The molecule has 6 nitrogen and oxygen atoms in total. The number of carbonyl (C=O) groups excluding carboxylic acids is 1. The van der Waals surface area contributed by atoms with Crippen LogP contribution in [0.3, 0.4) is 0 Å². The second-order valence-corrected chi connectivity index (χ2v) is 10.6. The molecule has 1 aromatic carbocycles. The summed E-state index contributed by atoms with van der Waals surface area (Å²) in [5.41, 5.74) is 2.83. The fraction of sp³-hybridized carbons (Fsp3) is 0.600. The van der Waals surface area contributed by atoms with Crippen LogP contribution >= 0.6 is 11.6 Å². The van der Waals surface area contributed by atoms with E-state index in [-0.39, 0.29) is 5.91 Å². The summed E-state index contributed by atoms with van der Waals surface area (Å²) < 4.78 is 0. The Labute approximate surface area is 195 Å². The van der Waals surface area contributed by atoms with Gasteiger partial charge in [-0.3, -0.25) is 4.79 Å². The zero-order valence-electron chi connectivity index (χ0n) is 18.6. The summed E-state index contributed by atoms with van der Waals surface area (Å²) in [7, 11) is 0. The Kier molecular flexibility index (Phi) is 6.42. The minimum Gasteiger partial charge on any atom is -0.383 e. The van der Waals surface area contributed by atoms with Crippen LogP contribution in [0.5, 0.6) is 0 Å². The summed E-state index contributed by atoms with van der Waals surface area (Å²) in [6, 6.07) is 5.66. The fourth-order valence-electron chi connectivity index (χ4n) is 6.77. The lowest BCUT2D eigenvalue weighted by atomic mass is 9.49. The predicted octanol–water partition coefficient (Wildman–Crippen LogP) is 4.25. The van der Waals surface area contributed by atoms with Gasteiger partial charge < -0.3 is 20.9 Å². The maximum absolute atomic E-state index is 13.0. The minimum absolute atomic E-state index is 0.0490. The molecule has 0 saturated heterocycles. The number of halogens is 1. The molecule has 7 heteroatoms. The molecule has 0 radical (unpaired) electrons. The largest absolute Gasteiger partial charge is 0.383 e. The van der Waals surface area contributed by atoms with E-state index < -0.39 is 0 Å². The summed E-state index contributed by atoms with van der Waals surface area (Å²) in [5.74, 6) is 2.62. The van der Waals surface area contributed by atoms with E-state index in [1.807, 2.05) is 24.4 Å². The van der Waals surface area contributed by atoms with Crippen molar-refractivity contribution in [1.29, 1.82) is 0 Å². The van der Waals surface area contributed by atoms with Crippen molar-refractivity contribution < 1.29 is 4.79 Å². The third-order valence-corrected chi connectivity index (χ3v) is 8.18. The van der Waals surface area contributed by atoms with Crippen molar-refractivity contribution >= 4 is 23.2 Å². The second kappa shape index (κ2) is 9.44. The van der Waals surface area contributed by atoms with Crippen LogP contribution < -0.4 is 16.0 Å². The molecule has 1 aromatic heterocycles. The summed E-state index contributed by atoms with van der Waals surface area (Å²) in [4.78, 5) is 20.1. The summed E-state index contributed by atoms with van der Waals surface area (Å²) in [5, 5.41) is 10.5. The molecule has 4 bridgehead atoms. The summed E-state index contributed by atoms with van der Waals surface area (Å²) in [6.45, 7) is 3.22. The monoisotopic (exact) mass is 455 g/mol. The Morgan fingerprint density at radius 2 is 1.84 bits per heavy atom. The molecule has 4 N–H and O–H groups in total. The second-order valence-electron chi connectivity index (χ2n) is 10.3. The number of rotatable bonds is 10. The first-order valence-corrected chi connectivity index (χ1v) is 12.5. The van der Waals surface area contributed by atoms with Crippen LogP contribution in [-0.4, -0.2) is 42.1 Å². The third kappa shape index (κ3) is 4.81. The standard InChI is InChI=1S/C25H34ClN5O/c26-23-21(2-1-3-22(23)29-7-6-27-5-4-20-14-28-16-31-20)24(32)30-15-25-11-17-8-18(12-25)10-19(9-17)13-25/h1-3,14,16-19,27,29H,4-13,15H2,(H,28,31)(H,30,32). The van der Waals surface area contributed by atoms with Crippen molar-refractivity contribution in [1.82, 2.24) is 20.6 Å². The molecule has 172 valence electrons. The molecule has 0 atom stereocenters. The first-order valence-electron chi connectivity index (χ1n) is 12.1. The first-order chi connectivity index (χ1) is 15.6. The molecular weight excluding hydrogens is 422 g/mol. The van der Waals surface area contributed by atoms with Gasteiger partial charge in [0.2, 0.25) is 0 Å². The number of aromatic nitrogens is 2. The van der Waals surface area contributed by atoms with Crippen LogP contribution in [0.1, 0.15) is 54.6 Å². The van der Waals surface area contributed by atoms with Gasteiger partial charge in [0.1, 0.15) is 0 Å². The summed E-state index contributed by atoms with van der Waals surface area (Å²) >= 11 is 6.61. The highest BCUT2D eigenvalue weighted by Gasteiger charge is 2.50. The molecule has 1 heterocycles. The van der Waals surface area contributed by atoms with Gasteiger partial charge in [0.05, 0.1) is 22.6 Å². The molecule has 4 aliphatic rings. The Morgan fingerprint density at radius 3 is 2.53 bits per heavy atom. The number of hydrogen-bond donors (Lipinski definition) is 4. The number of carbonyl (C=O) groups is 1. The molecule has 4 saturated carbocycles. The summed E-state index contributed by atoms with van der Waals surface area (Å²) in [6.07, 6.45) is 12.6. The highest BCUT2D eigenvalue weighted by molar-refractivity contribution is 6.36. The molecule has 2 aromatic rings. The SMILES string of the molecule is O=C(NCC12CC3CC(CC(C3)C1)C2)c1cccc(NCCNCCc2cnc[nH]2)c1Cl. The van der Waals surface area contributed by atoms with Crippen LogP contribution in [0.15, 0.2) is 30.7 Å². The quantitative estimate of drug-likeness (QED) is 0.403. The Balaban J connectivity index is 1.10. The van der Waals surface area contributed by atoms with Gasteiger partial charge in [-0.1, -0.05) is 17.7 Å².